The van der Waals surface area contributed by atoms with Crippen LogP contribution in [0.2, 0.25) is 0 Å². The van der Waals surface area contributed by atoms with Gasteiger partial charge in [0.2, 0.25) is 0 Å². The number of rotatable bonds is 11. The number of hydrogen-bond acceptors (Lipinski definition) is 3. The van der Waals surface area contributed by atoms with Crippen LogP contribution in [-0.4, -0.2) is 15.7 Å². The highest BCUT2D eigenvalue weighted by Gasteiger charge is 2.21. The van der Waals surface area contributed by atoms with Crippen molar-refractivity contribution in [2.75, 3.05) is 0 Å². The Morgan fingerprint density at radius 2 is 1.78 bits per heavy atom. The van der Waals surface area contributed by atoms with Crippen molar-refractivity contribution in [3.63, 3.8) is 0 Å². The highest BCUT2D eigenvalue weighted by molar-refractivity contribution is 6.34. The smallest absolute Gasteiger partial charge is 0.0787 e. The molecule has 2 aliphatic rings. The topological polar surface area (TPSA) is 38.1 Å². The Balaban J connectivity index is 1.68. The molecule has 3 heteroatoms. The van der Waals surface area contributed by atoms with E-state index in [9.17, 15) is 0 Å². The van der Waals surface area contributed by atoms with Crippen LogP contribution in [-0.2, 0) is 6.42 Å². The Morgan fingerprint density at radius 3 is 2.59 bits per heavy atom. The highest BCUT2D eigenvalue weighted by Crippen LogP contribution is 2.33. The van der Waals surface area contributed by atoms with Crippen LogP contribution >= 0.6 is 0 Å². The van der Waals surface area contributed by atoms with E-state index < -0.39 is 0 Å². The van der Waals surface area contributed by atoms with E-state index in [1.54, 1.807) is 6.08 Å². The Hall–Kier alpha value is -5.67. The molecule has 0 N–H and O–H groups in total. The van der Waals surface area contributed by atoms with Gasteiger partial charge in [-0.15, -0.1) is 0 Å². The van der Waals surface area contributed by atoms with Crippen LogP contribution in [0.3, 0.4) is 0 Å². The van der Waals surface area contributed by atoms with E-state index in [4.69, 9.17) is 9.98 Å². The normalized spacial score (nSPS) is 20.9. The Kier molecular flexibility index (Phi) is 13.2. The molecule has 49 heavy (non-hydrogen) atoms. The van der Waals surface area contributed by atoms with Crippen molar-refractivity contribution in [2.24, 2.45) is 10.9 Å². The maximum Gasteiger partial charge on any atom is 0.0787 e. The zero-order chi connectivity index (χ0) is 34.1. The number of benzene rings is 1. The molecule has 0 spiro atoms. The molecule has 1 unspecified atom stereocenters. The largest absolute Gasteiger partial charge is 0.265 e. The lowest BCUT2D eigenvalue weighted by Gasteiger charge is -2.21. The molecule has 0 bridgehead atoms. The van der Waals surface area contributed by atoms with Crippen LogP contribution in [0, 0.1) is 5.92 Å². The van der Waals surface area contributed by atoms with Crippen molar-refractivity contribution in [2.45, 2.75) is 39.5 Å². The van der Waals surface area contributed by atoms with E-state index in [1.165, 1.54) is 11.1 Å². The molecule has 0 fully saturated rings. The number of nitrogens with zero attached hydrogens (tertiary/aromatic N) is 3. The summed E-state index contributed by atoms with van der Waals surface area (Å²) >= 11 is 0. The number of aliphatic imine (C=N–C) groups is 1. The van der Waals surface area contributed by atoms with Crippen LogP contribution in [0.4, 0.5) is 0 Å². The molecule has 2 heterocycles. The average Bonchev–Trinajstić information content (AvgIpc) is 3.15. The summed E-state index contributed by atoms with van der Waals surface area (Å²) in [4.78, 5) is 14.8. The molecule has 0 radical (unpaired) electrons. The maximum absolute atomic E-state index is 5.49. The molecule has 1 atom stereocenters. The second kappa shape index (κ2) is 18.6. The first-order chi connectivity index (χ1) is 24.2. The van der Waals surface area contributed by atoms with E-state index in [1.807, 2.05) is 30.6 Å². The second-order valence-electron chi connectivity index (χ2n) is 11.9. The van der Waals surface area contributed by atoms with Gasteiger partial charge in [-0.2, -0.15) is 0 Å². The van der Waals surface area contributed by atoms with Gasteiger partial charge in [0.15, 0.2) is 0 Å². The summed E-state index contributed by atoms with van der Waals surface area (Å²) in [7, 11) is 0. The van der Waals surface area contributed by atoms with Crippen LogP contribution < -0.4 is 0 Å². The first-order valence-corrected chi connectivity index (χ1v) is 17.1. The van der Waals surface area contributed by atoms with E-state index in [0.717, 1.165) is 64.3 Å². The minimum Gasteiger partial charge on any atom is -0.265 e. The summed E-state index contributed by atoms with van der Waals surface area (Å²) in [6, 6.07) is 19.0. The van der Waals surface area contributed by atoms with Gasteiger partial charge in [0, 0.05) is 35.6 Å². The standard InChI is InChI=1S/C46H45N3/c1-4-6-7-8-16-25-41(5-2)49-46(39-23-13-10-9-12-20-36(3)29-30-39)45(38-21-14-11-15-22-38)43-27-18-17-24-40(43)35-42-26-19-28-44(48-42)37-31-33-47-34-32-37/h4-7,9-12,14-21,23-34,36H,1,8,13,22,35H2,2-3H3/b7-6-,10-9-,20-12-,25-16-,30-29-,39-23+,41-5+,45-38+,49-46+. The van der Waals surface area contributed by atoms with Gasteiger partial charge in [-0.3, -0.25) is 9.97 Å². The van der Waals surface area contributed by atoms with Gasteiger partial charge in [-0.1, -0.05) is 141 Å². The molecule has 0 saturated heterocycles. The number of pyridine rings is 2. The molecule has 0 amide bonds. The molecule has 3 nitrogen and oxygen atoms in total. The molecule has 0 aliphatic heterocycles. The van der Waals surface area contributed by atoms with Crippen LogP contribution in [0.15, 0.2) is 199 Å². The molecular weight excluding hydrogens is 595 g/mol. The van der Waals surface area contributed by atoms with Gasteiger partial charge in [-0.25, -0.2) is 4.99 Å². The Morgan fingerprint density at radius 1 is 0.918 bits per heavy atom. The fourth-order valence-electron chi connectivity index (χ4n) is 5.72. The minimum atomic E-state index is 0.282. The lowest BCUT2D eigenvalue weighted by molar-refractivity contribution is 0.938. The third kappa shape index (κ3) is 10.2. The monoisotopic (exact) mass is 639 g/mol. The second-order valence-corrected chi connectivity index (χ2v) is 11.9. The average molecular weight is 640 g/mol. The number of allylic oxidation sites excluding steroid dienone is 20. The fraction of sp³-hybridized carbons (Fsp3) is 0.152. The van der Waals surface area contributed by atoms with Gasteiger partial charge in [0.25, 0.3) is 0 Å². The van der Waals surface area contributed by atoms with Crippen LogP contribution in [0.5, 0.6) is 0 Å². The molecule has 2 aliphatic carbocycles. The zero-order valence-electron chi connectivity index (χ0n) is 28.6. The fourth-order valence-corrected chi connectivity index (χ4v) is 5.72. The maximum atomic E-state index is 5.49. The molecular formula is C46H45N3. The van der Waals surface area contributed by atoms with Crippen molar-refractivity contribution in [1.82, 2.24) is 9.97 Å². The molecule has 5 rings (SSSR count). The highest BCUT2D eigenvalue weighted by atomic mass is 14.8. The SMILES string of the molecule is C=C/C=C\C\C=C/C(=C\C)/N=C(C(=C1\C=CC=CC1)/c1ccccc1Cc1cccc(-c2ccncc2)n1)\C1=C\C/C=C\C=C/C(C)\C=C/1. The van der Waals surface area contributed by atoms with Gasteiger partial charge < -0.3 is 0 Å². The minimum absolute atomic E-state index is 0.282. The third-order valence-corrected chi connectivity index (χ3v) is 8.24. The van der Waals surface area contributed by atoms with Crippen molar-refractivity contribution >= 4 is 11.3 Å². The van der Waals surface area contributed by atoms with Gasteiger partial charge in [-0.05, 0) is 84.7 Å². The van der Waals surface area contributed by atoms with E-state index in [2.05, 4.69) is 159 Å². The predicted octanol–water partition coefficient (Wildman–Crippen LogP) is 11.7. The van der Waals surface area contributed by atoms with Crippen molar-refractivity contribution in [1.29, 1.82) is 0 Å². The molecule has 244 valence electrons. The third-order valence-electron chi connectivity index (χ3n) is 8.24. The molecule has 1 aromatic carbocycles. The number of aromatic nitrogens is 2. The summed E-state index contributed by atoms with van der Waals surface area (Å²) in [6.07, 6.45) is 43.2. The number of hydrogen-bond donors (Lipinski definition) is 0. The zero-order valence-corrected chi connectivity index (χ0v) is 28.6. The summed E-state index contributed by atoms with van der Waals surface area (Å²) in [5.74, 6) is 0.282. The van der Waals surface area contributed by atoms with Crippen molar-refractivity contribution in [3.8, 4) is 11.3 Å². The first kappa shape index (κ1) is 34.7. The summed E-state index contributed by atoms with van der Waals surface area (Å²) in [6.45, 7) is 8.06. The van der Waals surface area contributed by atoms with E-state index in [0.29, 0.717) is 6.42 Å². The Labute approximate surface area is 292 Å². The quantitative estimate of drug-likeness (QED) is 0.155. The van der Waals surface area contributed by atoms with E-state index in [-0.39, 0.29) is 5.92 Å². The summed E-state index contributed by atoms with van der Waals surface area (Å²) < 4.78 is 0. The summed E-state index contributed by atoms with van der Waals surface area (Å²) in [5.41, 5.74) is 10.7. The van der Waals surface area contributed by atoms with Crippen molar-refractivity contribution in [3.05, 3.63) is 211 Å². The molecule has 2 aromatic heterocycles. The lowest BCUT2D eigenvalue weighted by Crippen LogP contribution is -2.12. The van der Waals surface area contributed by atoms with Crippen LogP contribution in [0.25, 0.3) is 16.8 Å². The first-order valence-electron chi connectivity index (χ1n) is 17.1. The molecule has 3 aromatic rings. The van der Waals surface area contributed by atoms with E-state index >= 15 is 0 Å². The predicted molar refractivity (Wildman–Crippen MR) is 210 cm³/mol. The molecule has 0 saturated carbocycles. The lowest BCUT2D eigenvalue weighted by atomic mass is 9.84. The summed E-state index contributed by atoms with van der Waals surface area (Å²) in [5, 5.41) is 0. The van der Waals surface area contributed by atoms with Gasteiger partial charge in [0.1, 0.15) is 0 Å². The van der Waals surface area contributed by atoms with Crippen LogP contribution in [0.1, 0.15) is 49.9 Å². The Bertz CT molecular complexity index is 1930. The van der Waals surface area contributed by atoms with Gasteiger partial charge in [0.05, 0.1) is 17.1 Å². The van der Waals surface area contributed by atoms with Gasteiger partial charge >= 0.3 is 0 Å². The van der Waals surface area contributed by atoms with Crippen molar-refractivity contribution < 1.29 is 0 Å².